The Hall–Kier alpha value is -1.41. The zero-order valence-electron chi connectivity index (χ0n) is 14.5. The first-order valence-electron chi connectivity index (χ1n) is 8.21. The Labute approximate surface area is 170 Å². The smallest absolute Gasteiger partial charge is 0.191 e. The van der Waals surface area contributed by atoms with E-state index in [1.165, 1.54) is 5.56 Å². The molecule has 0 fully saturated rings. The van der Waals surface area contributed by atoms with Crippen molar-refractivity contribution in [2.24, 2.45) is 4.99 Å². The first kappa shape index (κ1) is 21.6. The van der Waals surface area contributed by atoms with E-state index in [2.05, 4.69) is 39.9 Å². The van der Waals surface area contributed by atoms with Crippen LogP contribution < -0.4 is 10.6 Å². The number of nitrogens with one attached hydrogen (secondary N) is 2. The fourth-order valence-electron chi connectivity index (χ4n) is 2.32. The maximum absolute atomic E-state index is 12.1. The highest BCUT2D eigenvalue weighted by molar-refractivity contribution is 14.0. The molecule has 0 bridgehead atoms. The van der Waals surface area contributed by atoms with Crippen LogP contribution in [0.1, 0.15) is 12.0 Å². The second-order valence-electron chi connectivity index (χ2n) is 5.38. The SMILES string of the molecule is CN=C(NCCCc1ccccc1)NCCS(=O)c1ccccc1.I. The second kappa shape index (κ2) is 12.9. The van der Waals surface area contributed by atoms with E-state index in [-0.39, 0.29) is 24.0 Å². The van der Waals surface area contributed by atoms with Crippen molar-refractivity contribution >= 4 is 40.7 Å². The van der Waals surface area contributed by atoms with Crippen LogP contribution in [0.2, 0.25) is 0 Å². The van der Waals surface area contributed by atoms with Crippen molar-refractivity contribution in [3.05, 3.63) is 66.2 Å². The minimum atomic E-state index is -0.979. The predicted octanol–water partition coefficient (Wildman–Crippen LogP) is 3.21. The summed E-state index contributed by atoms with van der Waals surface area (Å²) in [5, 5.41) is 6.51. The number of guanidine groups is 1. The van der Waals surface area contributed by atoms with Crippen molar-refractivity contribution in [1.82, 2.24) is 10.6 Å². The van der Waals surface area contributed by atoms with E-state index in [4.69, 9.17) is 0 Å². The number of benzene rings is 2. The Bertz CT molecular complexity index is 650. The third-order valence-corrected chi connectivity index (χ3v) is 4.96. The number of hydrogen-bond acceptors (Lipinski definition) is 2. The summed E-state index contributed by atoms with van der Waals surface area (Å²) in [6.45, 7) is 1.48. The third kappa shape index (κ3) is 8.49. The van der Waals surface area contributed by atoms with Crippen LogP contribution in [-0.2, 0) is 17.2 Å². The predicted molar refractivity (Wildman–Crippen MR) is 117 cm³/mol. The van der Waals surface area contributed by atoms with E-state index in [1.54, 1.807) is 7.05 Å². The van der Waals surface area contributed by atoms with Gasteiger partial charge in [-0.25, -0.2) is 0 Å². The minimum Gasteiger partial charge on any atom is -0.356 e. The molecule has 0 radical (unpaired) electrons. The summed E-state index contributed by atoms with van der Waals surface area (Å²) >= 11 is 0. The van der Waals surface area contributed by atoms with Crippen LogP contribution in [0.25, 0.3) is 0 Å². The lowest BCUT2D eigenvalue weighted by Gasteiger charge is -2.11. The van der Waals surface area contributed by atoms with Gasteiger partial charge in [0.05, 0.1) is 10.8 Å². The molecule has 0 aliphatic heterocycles. The van der Waals surface area contributed by atoms with Crippen LogP contribution in [0, 0.1) is 0 Å². The highest BCUT2D eigenvalue weighted by atomic mass is 127. The van der Waals surface area contributed by atoms with Crippen molar-refractivity contribution in [2.45, 2.75) is 17.7 Å². The Balaban J connectivity index is 0.00000312. The molecule has 6 heteroatoms. The van der Waals surface area contributed by atoms with Crippen molar-refractivity contribution in [3.63, 3.8) is 0 Å². The Kier molecular flexibility index (Phi) is 11.1. The van der Waals surface area contributed by atoms with E-state index in [1.807, 2.05) is 36.4 Å². The summed E-state index contributed by atoms with van der Waals surface area (Å²) in [4.78, 5) is 5.06. The molecule has 0 aliphatic carbocycles. The lowest BCUT2D eigenvalue weighted by atomic mass is 10.1. The summed E-state index contributed by atoms with van der Waals surface area (Å²) in [6.07, 6.45) is 2.09. The molecule has 0 heterocycles. The largest absolute Gasteiger partial charge is 0.356 e. The molecule has 4 nitrogen and oxygen atoms in total. The molecular weight excluding hydrogens is 445 g/mol. The van der Waals surface area contributed by atoms with Gasteiger partial charge in [0.25, 0.3) is 0 Å². The number of aryl methyl sites for hydroxylation is 1. The monoisotopic (exact) mass is 471 g/mol. The molecule has 1 unspecified atom stereocenters. The van der Waals surface area contributed by atoms with Gasteiger partial charge in [0.15, 0.2) is 5.96 Å². The average molecular weight is 471 g/mol. The molecule has 0 amide bonds. The summed E-state index contributed by atoms with van der Waals surface area (Å²) < 4.78 is 12.1. The second-order valence-corrected chi connectivity index (χ2v) is 6.95. The van der Waals surface area contributed by atoms with Crippen molar-refractivity contribution < 1.29 is 4.21 Å². The van der Waals surface area contributed by atoms with Gasteiger partial charge in [-0.2, -0.15) is 0 Å². The van der Waals surface area contributed by atoms with Gasteiger partial charge >= 0.3 is 0 Å². The zero-order valence-corrected chi connectivity index (χ0v) is 17.6. The maximum Gasteiger partial charge on any atom is 0.191 e. The van der Waals surface area contributed by atoms with Gasteiger partial charge in [0.1, 0.15) is 0 Å². The standard InChI is InChI=1S/C19H25N3OS.HI/c1-20-19(21-14-8-11-17-9-4-2-5-10-17)22-15-16-24(23)18-12-6-3-7-13-18;/h2-7,9-10,12-13H,8,11,14-16H2,1H3,(H2,20,21,22);1H. The summed E-state index contributed by atoms with van der Waals surface area (Å²) in [5.74, 6) is 1.32. The number of aliphatic imine (C=N–C) groups is 1. The van der Waals surface area contributed by atoms with Crippen molar-refractivity contribution in [1.29, 1.82) is 0 Å². The van der Waals surface area contributed by atoms with Gasteiger partial charge in [0.2, 0.25) is 0 Å². The summed E-state index contributed by atoms with van der Waals surface area (Å²) in [5.41, 5.74) is 1.35. The molecule has 25 heavy (non-hydrogen) atoms. The van der Waals surface area contributed by atoms with E-state index < -0.39 is 10.8 Å². The number of rotatable bonds is 8. The van der Waals surface area contributed by atoms with Gasteiger partial charge in [-0.1, -0.05) is 48.5 Å². The van der Waals surface area contributed by atoms with Gasteiger partial charge in [-0.05, 0) is 30.5 Å². The van der Waals surface area contributed by atoms with E-state index in [9.17, 15) is 4.21 Å². The number of nitrogens with zero attached hydrogens (tertiary/aromatic N) is 1. The van der Waals surface area contributed by atoms with Gasteiger partial charge in [-0.3, -0.25) is 9.20 Å². The normalized spacial score (nSPS) is 12.1. The highest BCUT2D eigenvalue weighted by Gasteiger charge is 2.03. The van der Waals surface area contributed by atoms with Crippen LogP contribution in [-0.4, -0.2) is 36.1 Å². The van der Waals surface area contributed by atoms with Gasteiger partial charge < -0.3 is 10.6 Å². The first-order valence-corrected chi connectivity index (χ1v) is 9.53. The Morgan fingerprint density at radius 2 is 1.56 bits per heavy atom. The van der Waals surface area contributed by atoms with Crippen molar-refractivity contribution in [2.75, 3.05) is 25.9 Å². The average Bonchev–Trinajstić information content (AvgIpc) is 2.65. The van der Waals surface area contributed by atoms with Crippen molar-refractivity contribution in [3.8, 4) is 0 Å². The quantitative estimate of drug-likeness (QED) is 0.269. The molecule has 0 aliphatic rings. The van der Waals surface area contributed by atoms with E-state index in [0.29, 0.717) is 12.3 Å². The molecule has 136 valence electrons. The lowest BCUT2D eigenvalue weighted by Crippen LogP contribution is -2.39. The Morgan fingerprint density at radius 1 is 0.960 bits per heavy atom. The van der Waals surface area contributed by atoms with Gasteiger partial charge in [0, 0.05) is 30.8 Å². The molecular formula is C19H26IN3OS. The first-order chi connectivity index (χ1) is 11.8. The van der Waals surface area contributed by atoms with Gasteiger partial charge in [-0.15, -0.1) is 24.0 Å². The van der Waals surface area contributed by atoms with Crippen LogP contribution in [0.4, 0.5) is 0 Å². The molecule has 0 spiro atoms. The fourth-order valence-corrected chi connectivity index (χ4v) is 3.30. The summed E-state index contributed by atoms with van der Waals surface area (Å²) in [7, 11) is 0.771. The maximum atomic E-state index is 12.1. The lowest BCUT2D eigenvalue weighted by molar-refractivity contribution is 0.681. The molecule has 2 N–H and O–H groups in total. The van der Waals surface area contributed by atoms with Crippen LogP contribution in [0.5, 0.6) is 0 Å². The zero-order chi connectivity index (χ0) is 17.0. The van der Waals surface area contributed by atoms with E-state index >= 15 is 0 Å². The topological polar surface area (TPSA) is 53.5 Å². The third-order valence-electron chi connectivity index (χ3n) is 3.59. The molecule has 0 saturated heterocycles. The molecule has 2 rings (SSSR count). The highest BCUT2D eigenvalue weighted by Crippen LogP contribution is 2.04. The van der Waals surface area contributed by atoms with Crippen LogP contribution in [0.3, 0.4) is 0 Å². The number of hydrogen-bond donors (Lipinski definition) is 2. The van der Waals surface area contributed by atoms with Crippen LogP contribution in [0.15, 0.2) is 70.6 Å². The molecule has 2 aromatic rings. The molecule has 0 aromatic heterocycles. The molecule has 0 saturated carbocycles. The number of halogens is 1. The molecule has 2 aromatic carbocycles. The summed E-state index contributed by atoms with van der Waals surface area (Å²) in [6, 6.07) is 20.0. The molecule has 1 atom stereocenters. The van der Waals surface area contributed by atoms with Crippen LogP contribution >= 0.6 is 24.0 Å². The minimum absolute atomic E-state index is 0. The fraction of sp³-hybridized carbons (Fsp3) is 0.316. The van der Waals surface area contributed by atoms with E-state index in [0.717, 1.165) is 30.2 Å². The Morgan fingerprint density at radius 3 is 2.20 bits per heavy atom.